The number of rotatable bonds is 8. The third kappa shape index (κ3) is 4.90. The van der Waals surface area contributed by atoms with Crippen molar-refractivity contribution in [3.63, 3.8) is 0 Å². The molecule has 1 aromatic carbocycles. The Morgan fingerprint density at radius 3 is 2.45 bits per heavy atom. The minimum Gasteiger partial charge on any atom is -0.467 e. The predicted molar refractivity (Wildman–Crippen MR) is 116 cm³/mol. The van der Waals surface area contributed by atoms with Gasteiger partial charge in [-0.3, -0.25) is 9.36 Å². The minimum absolute atomic E-state index is 0.102. The molecule has 0 aliphatic rings. The summed E-state index contributed by atoms with van der Waals surface area (Å²) in [7, 11) is 0. The van der Waals surface area contributed by atoms with Crippen LogP contribution < -0.4 is 0 Å². The van der Waals surface area contributed by atoms with Gasteiger partial charge in [0.2, 0.25) is 5.91 Å². The van der Waals surface area contributed by atoms with Crippen LogP contribution >= 0.6 is 11.8 Å². The molecule has 0 fully saturated rings. The molecule has 0 N–H and O–H groups in total. The van der Waals surface area contributed by atoms with Gasteiger partial charge >= 0.3 is 0 Å². The van der Waals surface area contributed by atoms with Crippen LogP contribution in [0.2, 0.25) is 0 Å². The Balaban J connectivity index is 1.89. The molecule has 1 amide bonds. The highest BCUT2D eigenvalue weighted by molar-refractivity contribution is 7.99. The van der Waals surface area contributed by atoms with Gasteiger partial charge in [-0.15, -0.1) is 10.2 Å². The van der Waals surface area contributed by atoms with Gasteiger partial charge in [-0.1, -0.05) is 36.0 Å². The summed E-state index contributed by atoms with van der Waals surface area (Å²) in [6.07, 6.45) is 1.66. The maximum Gasteiger partial charge on any atom is 0.233 e. The molecule has 154 valence electrons. The van der Waals surface area contributed by atoms with Crippen LogP contribution in [-0.4, -0.2) is 43.4 Å². The number of benzene rings is 1. The summed E-state index contributed by atoms with van der Waals surface area (Å²) >= 11 is 1.42. The van der Waals surface area contributed by atoms with Gasteiger partial charge in [0, 0.05) is 17.6 Å². The number of furan rings is 1. The summed E-state index contributed by atoms with van der Waals surface area (Å²) in [5, 5.41) is 9.55. The van der Waals surface area contributed by atoms with Crippen LogP contribution in [0.3, 0.4) is 0 Å². The quantitative estimate of drug-likeness (QED) is 0.505. The summed E-state index contributed by atoms with van der Waals surface area (Å²) in [4.78, 5) is 14.7. The van der Waals surface area contributed by atoms with Crippen LogP contribution in [0.25, 0.3) is 11.4 Å². The lowest BCUT2D eigenvalue weighted by Crippen LogP contribution is -2.43. The van der Waals surface area contributed by atoms with Gasteiger partial charge in [0.15, 0.2) is 11.0 Å². The molecule has 0 bridgehead atoms. The fraction of sp³-hybridized carbons (Fsp3) is 0.409. The van der Waals surface area contributed by atoms with Crippen LogP contribution in [-0.2, 0) is 11.3 Å². The van der Waals surface area contributed by atoms with E-state index in [1.807, 2.05) is 67.5 Å². The fourth-order valence-electron chi connectivity index (χ4n) is 3.49. The summed E-state index contributed by atoms with van der Waals surface area (Å²) in [6, 6.07) is 12.2. The zero-order valence-electron chi connectivity index (χ0n) is 17.6. The van der Waals surface area contributed by atoms with Crippen molar-refractivity contribution in [3.05, 3.63) is 54.0 Å². The number of nitrogens with zero attached hydrogens (tertiary/aromatic N) is 4. The highest BCUT2D eigenvalue weighted by Crippen LogP contribution is 2.27. The van der Waals surface area contributed by atoms with Gasteiger partial charge < -0.3 is 9.32 Å². The van der Waals surface area contributed by atoms with E-state index in [0.717, 1.165) is 22.7 Å². The molecule has 2 heterocycles. The second kappa shape index (κ2) is 9.31. The predicted octanol–water partition coefficient (Wildman–Crippen LogP) is 4.63. The van der Waals surface area contributed by atoms with Crippen LogP contribution in [0.15, 0.2) is 52.2 Å². The monoisotopic (exact) mass is 412 g/mol. The largest absolute Gasteiger partial charge is 0.467 e. The maximum atomic E-state index is 12.8. The number of hydrogen-bond acceptors (Lipinski definition) is 5. The maximum absolute atomic E-state index is 12.8. The third-order valence-electron chi connectivity index (χ3n) is 4.72. The van der Waals surface area contributed by atoms with E-state index in [9.17, 15) is 4.79 Å². The Kier molecular flexibility index (Phi) is 6.79. The average Bonchev–Trinajstić information content (AvgIpc) is 3.30. The van der Waals surface area contributed by atoms with Crippen molar-refractivity contribution in [1.29, 1.82) is 0 Å². The molecule has 0 radical (unpaired) electrons. The van der Waals surface area contributed by atoms with Crippen molar-refractivity contribution in [3.8, 4) is 11.4 Å². The molecule has 0 aliphatic carbocycles. The van der Waals surface area contributed by atoms with Crippen LogP contribution in [0.5, 0.6) is 0 Å². The summed E-state index contributed by atoms with van der Waals surface area (Å²) in [5.74, 6) is 2.02. The lowest BCUT2D eigenvalue weighted by atomic mass is 10.1. The van der Waals surface area contributed by atoms with Gasteiger partial charge in [0.1, 0.15) is 5.76 Å². The van der Waals surface area contributed by atoms with Crippen molar-refractivity contribution in [1.82, 2.24) is 19.7 Å². The number of hydrogen-bond donors (Lipinski definition) is 0. The minimum atomic E-state index is 0.102. The molecule has 0 aliphatic heterocycles. The number of thioether (sulfide) groups is 1. The molecule has 29 heavy (non-hydrogen) atoms. The Labute approximate surface area is 176 Å². The first-order valence-corrected chi connectivity index (χ1v) is 10.8. The first-order chi connectivity index (χ1) is 13.9. The van der Waals surface area contributed by atoms with E-state index in [1.54, 1.807) is 6.26 Å². The summed E-state index contributed by atoms with van der Waals surface area (Å²) in [6.45, 7) is 10.7. The van der Waals surface area contributed by atoms with E-state index in [0.29, 0.717) is 17.5 Å². The summed E-state index contributed by atoms with van der Waals surface area (Å²) < 4.78 is 7.57. The highest BCUT2D eigenvalue weighted by Gasteiger charge is 2.22. The first kappa shape index (κ1) is 21.2. The SMILES string of the molecule is Cc1ccccc1-c1nnc(SCC(=O)N(C(C)C)C(C)C)n1Cc1ccco1. The van der Waals surface area contributed by atoms with E-state index in [4.69, 9.17) is 4.42 Å². The fourth-order valence-corrected chi connectivity index (χ4v) is 4.30. The number of amides is 1. The molecule has 0 spiro atoms. The van der Waals surface area contributed by atoms with Crippen LogP contribution in [0.1, 0.15) is 39.0 Å². The zero-order chi connectivity index (χ0) is 21.0. The topological polar surface area (TPSA) is 64.2 Å². The van der Waals surface area contributed by atoms with Crippen LogP contribution in [0, 0.1) is 6.92 Å². The van der Waals surface area contributed by atoms with Crippen molar-refractivity contribution < 1.29 is 9.21 Å². The van der Waals surface area contributed by atoms with Crippen molar-refractivity contribution in [2.45, 2.75) is 58.4 Å². The first-order valence-electron chi connectivity index (χ1n) is 9.84. The standard InChI is InChI=1S/C22H28N4O2S/c1-15(2)26(16(3)4)20(27)14-29-22-24-23-21(19-11-7-6-9-17(19)5)25(22)13-18-10-8-12-28-18/h6-12,15-16H,13-14H2,1-5H3. The molecule has 6 nitrogen and oxygen atoms in total. The van der Waals surface area contributed by atoms with E-state index < -0.39 is 0 Å². The molecule has 2 aromatic heterocycles. The van der Waals surface area contributed by atoms with Gasteiger partial charge in [-0.25, -0.2) is 0 Å². The van der Waals surface area contributed by atoms with Crippen molar-refractivity contribution >= 4 is 17.7 Å². The molecule has 7 heteroatoms. The molecule has 0 unspecified atom stereocenters. The Bertz CT molecular complexity index is 940. The van der Waals surface area contributed by atoms with E-state index in [-0.39, 0.29) is 18.0 Å². The molecule has 3 rings (SSSR count). The smallest absolute Gasteiger partial charge is 0.233 e. The highest BCUT2D eigenvalue weighted by atomic mass is 32.2. The Hall–Kier alpha value is -2.54. The number of carbonyl (C=O) groups is 1. The van der Waals surface area contributed by atoms with E-state index >= 15 is 0 Å². The molecular formula is C22H28N4O2S. The molecular weight excluding hydrogens is 384 g/mol. The van der Waals surface area contributed by atoms with E-state index in [1.165, 1.54) is 11.8 Å². The normalized spacial score (nSPS) is 11.4. The van der Waals surface area contributed by atoms with E-state index in [2.05, 4.69) is 23.2 Å². The Morgan fingerprint density at radius 2 is 1.83 bits per heavy atom. The second-order valence-corrected chi connectivity index (χ2v) is 8.51. The molecule has 3 aromatic rings. The van der Waals surface area contributed by atoms with Gasteiger partial charge in [0.05, 0.1) is 18.6 Å². The van der Waals surface area contributed by atoms with Gasteiger partial charge in [-0.2, -0.15) is 0 Å². The molecule has 0 saturated heterocycles. The van der Waals surface area contributed by atoms with Crippen molar-refractivity contribution in [2.24, 2.45) is 0 Å². The zero-order valence-corrected chi connectivity index (χ0v) is 18.4. The second-order valence-electron chi connectivity index (χ2n) is 7.56. The number of carbonyl (C=O) groups excluding carboxylic acids is 1. The van der Waals surface area contributed by atoms with Crippen LogP contribution in [0.4, 0.5) is 0 Å². The number of aromatic nitrogens is 3. The lowest BCUT2D eigenvalue weighted by molar-refractivity contribution is -0.131. The Morgan fingerprint density at radius 1 is 1.10 bits per heavy atom. The number of aryl methyl sites for hydroxylation is 1. The molecule has 0 atom stereocenters. The lowest BCUT2D eigenvalue weighted by Gasteiger charge is -2.30. The average molecular weight is 413 g/mol. The van der Waals surface area contributed by atoms with Gasteiger partial charge in [0.25, 0.3) is 0 Å². The van der Waals surface area contributed by atoms with Crippen molar-refractivity contribution in [2.75, 3.05) is 5.75 Å². The van der Waals surface area contributed by atoms with Gasteiger partial charge in [-0.05, 0) is 52.3 Å². The molecule has 0 saturated carbocycles. The summed E-state index contributed by atoms with van der Waals surface area (Å²) in [5.41, 5.74) is 2.15. The third-order valence-corrected chi connectivity index (χ3v) is 5.67.